The van der Waals surface area contributed by atoms with Gasteiger partial charge >= 0.3 is 21.1 Å². The average molecular weight is 476 g/mol. The largest absolute Gasteiger partial charge is 2.00 e. The first-order valence-corrected chi connectivity index (χ1v) is 5.04. The van der Waals surface area contributed by atoms with Crippen molar-refractivity contribution >= 4 is 0 Å². The van der Waals surface area contributed by atoms with Crippen LogP contribution in [0.25, 0.3) is 11.4 Å². The number of nitrogens with zero attached hydrogens (tertiary/aromatic N) is 4. The van der Waals surface area contributed by atoms with Crippen LogP contribution < -0.4 is 24.8 Å². The number of para-hydroxylation sites is 2. The molecular weight excluding hydrogens is 466 g/mol. The first kappa shape index (κ1) is 17.9. The smallest absolute Gasteiger partial charge is 1.00 e. The van der Waals surface area contributed by atoms with Gasteiger partial charge in [-0.1, -0.05) is 12.1 Å². The molecule has 3 aromatic rings. The monoisotopic (exact) mass is 475 g/mol. The number of hydrogen-bond donors (Lipinski definition) is 0. The number of benzene rings is 1. The van der Waals surface area contributed by atoms with Gasteiger partial charge in [-0.15, -0.1) is 0 Å². The van der Waals surface area contributed by atoms with E-state index in [1.165, 1.54) is 0 Å². The summed E-state index contributed by atoms with van der Waals surface area (Å²) >= 11 is 0. The molecule has 0 unspecified atom stereocenters. The molecule has 3 rings (SSSR count). The van der Waals surface area contributed by atoms with Crippen molar-refractivity contribution in [3.8, 4) is 11.4 Å². The van der Waals surface area contributed by atoms with Crippen molar-refractivity contribution in [3.05, 3.63) is 61.2 Å². The molecule has 0 radical (unpaired) electrons. The van der Waals surface area contributed by atoms with Crippen LogP contribution in [0.5, 0.6) is 0 Å². The minimum Gasteiger partial charge on any atom is -1.00 e. The molecule has 19 heavy (non-hydrogen) atoms. The molecule has 1 aromatic carbocycles. The molecule has 0 spiro atoms. The zero-order valence-electron chi connectivity index (χ0n) is 9.63. The van der Waals surface area contributed by atoms with Crippen LogP contribution in [0.4, 0.5) is 0 Å². The Kier molecular flexibility index (Phi) is 7.69. The van der Waals surface area contributed by atoms with Gasteiger partial charge in [0.1, 0.15) is 0 Å². The Morgan fingerprint density at radius 3 is 1.42 bits per heavy atom. The Labute approximate surface area is 137 Å². The van der Waals surface area contributed by atoms with E-state index < -0.39 is 0 Å². The molecule has 7 heteroatoms. The van der Waals surface area contributed by atoms with Crippen LogP contribution >= 0.6 is 0 Å². The molecule has 2 heterocycles. The van der Waals surface area contributed by atoms with Crippen molar-refractivity contribution in [2.24, 2.45) is 0 Å². The summed E-state index contributed by atoms with van der Waals surface area (Å²) in [5.41, 5.74) is 2.02. The number of rotatable bonds is 2. The molecule has 0 fully saturated rings. The third-order valence-electron chi connectivity index (χ3n) is 2.38. The fourth-order valence-electron chi connectivity index (χ4n) is 1.67. The zero-order valence-corrected chi connectivity index (χ0v) is 13.4. The standard InChI is InChI=1S/C12H10N4.2ClH.Pt/c1-2-6-12(16-10-4-8-14-16)11(5-1)15-9-3-7-13-15;;;/h1-10H;2*1H;/q;;;+2/p-2. The van der Waals surface area contributed by atoms with Crippen molar-refractivity contribution in [2.45, 2.75) is 0 Å². The van der Waals surface area contributed by atoms with Crippen molar-refractivity contribution in [3.63, 3.8) is 0 Å². The molecule has 2 aromatic heterocycles. The summed E-state index contributed by atoms with van der Waals surface area (Å²) in [6.45, 7) is 0. The van der Waals surface area contributed by atoms with Gasteiger partial charge in [-0.05, 0) is 24.3 Å². The molecule has 0 aliphatic heterocycles. The minimum atomic E-state index is 0. The molecule has 0 aliphatic rings. The average Bonchev–Trinajstić information content (AvgIpc) is 3.03. The molecule has 0 atom stereocenters. The van der Waals surface area contributed by atoms with Gasteiger partial charge in [0, 0.05) is 24.8 Å². The normalized spacial score (nSPS) is 8.84. The Hall–Kier alpha value is -1.09. The minimum absolute atomic E-state index is 0. The van der Waals surface area contributed by atoms with Crippen LogP contribution in [0.15, 0.2) is 61.2 Å². The SMILES string of the molecule is [Cl-].[Cl-].[Pt+2].c1ccc(-n2cccn2)c(-n2cccn2)c1. The van der Waals surface area contributed by atoms with Crippen LogP contribution in [0.3, 0.4) is 0 Å². The van der Waals surface area contributed by atoms with E-state index in [1.807, 2.05) is 58.2 Å². The van der Waals surface area contributed by atoms with Crippen molar-refractivity contribution in [1.29, 1.82) is 0 Å². The maximum Gasteiger partial charge on any atom is 2.00 e. The Morgan fingerprint density at radius 2 is 1.11 bits per heavy atom. The summed E-state index contributed by atoms with van der Waals surface area (Å²) in [5.74, 6) is 0. The zero-order chi connectivity index (χ0) is 10.8. The van der Waals surface area contributed by atoms with Gasteiger partial charge in [0.15, 0.2) is 0 Å². The number of hydrogen-bond acceptors (Lipinski definition) is 2. The van der Waals surface area contributed by atoms with Gasteiger partial charge < -0.3 is 24.8 Å². The summed E-state index contributed by atoms with van der Waals surface area (Å²) in [4.78, 5) is 0. The Morgan fingerprint density at radius 1 is 0.684 bits per heavy atom. The van der Waals surface area contributed by atoms with Crippen LogP contribution in [0.1, 0.15) is 0 Å². The second kappa shape index (κ2) is 8.15. The van der Waals surface area contributed by atoms with Gasteiger partial charge in [-0.2, -0.15) is 10.2 Å². The summed E-state index contributed by atoms with van der Waals surface area (Å²) in [5, 5.41) is 8.47. The van der Waals surface area contributed by atoms with E-state index >= 15 is 0 Å². The van der Waals surface area contributed by atoms with E-state index in [1.54, 1.807) is 12.4 Å². The maximum absolute atomic E-state index is 4.23. The van der Waals surface area contributed by atoms with Crippen molar-refractivity contribution in [2.75, 3.05) is 0 Å². The van der Waals surface area contributed by atoms with Gasteiger partial charge in [0.2, 0.25) is 0 Å². The molecule has 0 saturated heterocycles. The fraction of sp³-hybridized carbons (Fsp3) is 0. The topological polar surface area (TPSA) is 35.6 Å². The number of aromatic nitrogens is 4. The first-order valence-electron chi connectivity index (χ1n) is 5.04. The summed E-state index contributed by atoms with van der Waals surface area (Å²) in [7, 11) is 0. The Bertz CT molecular complexity index is 528. The van der Waals surface area contributed by atoms with Crippen LogP contribution in [0.2, 0.25) is 0 Å². The summed E-state index contributed by atoms with van der Waals surface area (Å²) in [6.07, 6.45) is 7.37. The molecule has 0 amide bonds. The maximum atomic E-state index is 4.23. The van der Waals surface area contributed by atoms with Gasteiger partial charge in [-0.25, -0.2) is 9.36 Å². The van der Waals surface area contributed by atoms with E-state index in [-0.39, 0.29) is 45.9 Å². The first-order chi connectivity index (χ1) is 7.95. The molecule has 102 valence electrons. The fourth-order valence-corrected chi connectivity index (χ4v) is 1.67. The van der Waals surface area contributed by atoms with Crippen molar-refractivity contribution in [1.82, 2.24) is 19.6 Å². The van der Waals surface area contributed by atoms with Crippen LogP contribution in [0, 0.1) is 0 Å². The third-order valence-corrected chi connectivity index (χ3v) is 2.38. The van der Waals surface area contributed by atoms with Gasteiger partial charge in [-0.3, -0.25) is 0 Å². The van der Waals surface area contributed by atoms with Crippen molar-refractivity contribution < 1.29 is 45.9 Å². The Balaban J connectivity index is 0.00000108. The molecule has 0 N–H and O–H groups in total. The van der Waals surface area contributed by atoms with Crippen LogP contribution in [-0.2, 0) is 21.1 Å². The predicted octanol–water partition coefficient (Wildman–Crippen LogP) is -3.94. The van der Waals surface area contributed by atoms with E-state index in [0.29, 0.717) is 0 Å². The molecule has 4 nitrogen and oxygen atoms in total. The van der Waals surface area contributed by atoms with E-state index in [9.17, 15) is 0 Å². The quantitative estimate of drug-likeness (QED) is 0.379. The molecule has 0 bridgehead atoms. The molecular formula is C12H10Cl2N4Pt. The third kappa shape index (κ3) is 3.69. The second-order valence-electron chi connectivity index (χ2n) is 3.39. The molecule has 0 aliphatic carbocycles. The predicted molar refractivity (Wildman–Crippen MR) is 60.7 cm³/mol. The van der Waals surface area contributed by atoms with E-state index in [4.69, 9.17) is 0 Å². The van der Waals surface area contributed by atoms with E-state index in [2.05, 4.69) is 10.2 Å². The second-order valence-corrected chi connectivity index (χ2v) is 3.39. The van der Waals surface area contributed by atoms with E-state index in [0.717, 1.165) is 11.4 Å². The summed E-state index contributed by atoms with van der Waals surface area (Å²) < 4.78 is 3.66. The summed E-state index contributed by atoms with van der Waals surface area (Å²) in [6, 6.07) is 11.8. The van der Waals surface area contributed by atoms with Crippen LogP contribution in [-0.4, -0.2) is 19.6 Å². The van der Waals surface area contributed by atoms with Gasteiger partial charge in [0.25, 0.3) is 0 Å². The number of halogens is 2. The van der Waals surface area contributed by atoms with Gasteiger partial charge in [0.05, 0.1) is 11.4 Å². The molecule has 0 saturated carbocycles.